The molecule has 1 N–H and O–H groups in total. The minimum atomic E-state index is -4.74. The van der Waals surface area contributed by atoms with Crippen molar-refractivity contribution in [1.82, 2.24) is 14.3 Å². The van der Waals surface area contributed by atoms with Crippen LogP contribution in [0.25, 0.3) is 11.0 Å². The van der Waals surface area contributed by atoms with Crippen molar-refractivity contribution >= 4 is 22.6 Å². The highest BCUT2D eigenvalue weighted by molar-refractivity contribution is 5.90. The number of amides is 1. The van der Waals surface area contributed by atoms with Crippen molar-refractivity contribution in [2.45, 2.75) is 26.1 Å². The lowest BCUT2D eigenvalue weighted by Crippen LogP contribution is -2.25. The number of carbonyl (C=O) groups is 1. The molecule has 0 saturated carbocycles. The molecule has 2 aromatic heterocycles. The van der Waals surface area contributed by atoms with Gasteiger partial charge in [0.2, 0.25) is 5.91 Å². The smallest absolute Gasteiger partial charge is 0.326 e. The minimum absolute atomic E-state index is 0.00694. The van der Waals surface area contributed by atoms with Gasteiger partial charge in [0, 0.05) is 43.5 Å². The summed E-state index contributed by atoms with van der Waals surface area (Å²) in [6, 6.07) is 3.26. The van der Waals surface area contributed by atoms with Crippen LogP contribution in [0.2, 0.25) is 0 Å². The Labute approximate surface area is 160 Å². The molecule has 0 saturated heterocycles. The third kappa shape index (κ3) is 3.98. The van der Waals surface area contributed by atoms with E-state index in [1.165, 1.54) is 18.7 Å². The third-order valence-corrected chi connectivity index (χ3v) is 4.45. The van der Waals surface area contributed by atoms with Crippen LogP contribution in [0.5, 0.6) is 0 Å². The fraction of sp³-hybridized carbons (Fsp3) is 0.278. The fourth-order valence-corrected chi connectivity index (χ4v) is 2.92. The zero-order valence-corrected chi connectivity index (χ0v) is 15.3. The molecule has 0 atom stereocenters. The van der Waals surface area contributed by atoms with E-state index < -0.39 is 34.8 Å². The molecular weight excluding hydrogens is 399 g/mol. The Morgan fingerprint density at radius 1 is 1.17 bits per heavy atom. The summed E-state index contributed by atoms with van der Waals surface area (Å²) in [6.45, 7) is 1.19. The van der Waals surface area contributed by atoms with Crippen molar-refractivity contribution in [3.8, 4) is 0 Å². The maximum absolute atomic E-state index is 13.3. The average molecular weight is 414 g/mol. The van der Waals surface area contributed by atoms with Crippen LogP contribution in [0.4, 0.5) is 27.6 Å². The second-order valence-corrected chi connectivity index (χ2v) is 6.38. The zero-order chi connectivity index (χ0) is 21.5. The lowest BCUT2D eigenvalue weighted by atomic mass is 10.1. The molecule has 154 valence electrons. The molecule has 0 spiro atoms. The van der Waals surface area contributed by atoms with Gasteiger partial charge in [-0.25, -0.2) is 8.78 Å². The second-order valence-electron chi connectivity index (χ2n) is 6.38. The van der Waals surface area contributed by atoms with Crippen molar-refractivity contribution < 1.29 is 26.7 Å². The second kappa shape index (κ2) is 7.30. The summed E-state index contributed by atoms with van der Waals surface area (Å²) in [7, 11) is 1.44. The van der Waals surface area contributed by atoms with Crippen LogP contribution >= 0.6 is 0 Å². The number of nitrogens with zero attached hydrogens (tertiary/aromatic N) is 3. The van der Waals surface area contributed by atoms with Gasteiger partial charge in [-0.1, -0.05) is 0 Å². The monoisotopic (exact) mass is 414 g/mol. The van der Waals surface area contributed by atoms with E-state index in [0.29, 0.717) is 6.07 Å². The first-order chi connectivity index (χ1) is 13.5. The molecule has 3 rings (SSSR count). The number of nitrogens with one attached hydrogen (secondary N) is 1. The molecule has 0 aliphatic heterocycles. The Morgan fingerprint density at radius 3 is 2.48 bits per heavy atom. The van der Waals surface area contributed by atoms with Crippen molar-refractivity contribution in [2.75, 3.05) is 5.32 Å². The molecule has 0 bridgehead atoms. The van der Waals surface area contributed by atoms with Crippen LogP contribution < -0.4 is 10.9 Å². The summed E-state index contributed by atoms with van der Waals surface area (Å²) in [5.74, 6) is -2.86. The molecule has 2 heterocycles. The molecule has 3 aromatic rings. The predicted molar refractivity (Wildman–Crippen MR) is 94.3 cm³/mol. The molecular formula is C18H15F5N4O2. The van der Waals surface area contributed by atoms with E-state index in [0.717, 1.165) is 22.8 Å². The fourth-order valence-electron chi connectivity index (χ4n) is 2.92. The number of pyridine rings is 1. The summed E-state index contributed by atoms with van der Waals surface area (Å²) in [5.41, 5.74) is -2.01. The van der Waals surface area contributed by atoms with Crippen molar-refractivity contribution in [3.63, 3.8) is 0 Å². The van der Waals surface area contributed by atoms with Crippen molar-refractivity contribution in [3.05, 3.63) is 57.5 Å². The number of aromatic nitrogens is 3. The highest BCUT2D eigenvalue weighted by Gasteiger charge is 2.35. The SMILES string of the molecule is Cc1c2c(C(F)(F)F)cc(=O)n(CCC(=O)Nc3ccc(F)c(F)c3)c2nn1C. The highest BCUT2D eigenvalue weighted by atomic mass is 19.4. The van der Waals surface area contributed by atoms with E-state index in [9.17, 15) is 31.5 Å². The average Bonchev–Trinajstić information content (AvgIpc) is 2.91. The summed E-state index contributed by atoms with van der Waals surface area (Å²) in [5, 5.41) is 6.10. The number of anilines is 1. The molecule has 0 aliphatic carbocycles. The standard InChI is InChI=1S/C18H15F5N4O2/c1-9-16-11(18(21,22)23)8-15(29)27(17(16)25-26(9)2)6-5-14(28)24-10-3-4-12(19)13(20)7-10/h3-4,7-8H,5-6H2,1-2H3,(H,24,28). The van der Waals surface area contributed by atoms with Crippen LogP contribution in [0.1, 0.15) is 17.7 Å². The van der Waals surface area contributed by atoms with Crippen LogP contribution in [-0.2, 0) is 24.6 Å². The van der Waals surface area contributed by atoms with Crippen molar-refractivity contribution in [2.24, 2.45) is 7.05 Å². The van der Waals surface area contributed by atoms with E-state index in [4.69, 9.17) is 0 Å². The lowest BCUT2D eigenvalue weighted by Gasteiger charge is -2.12. The number of hydrogen-bond donors (Lipinski definition) is 1. The topological polar surface area (TPSA) is 68.9 Å². The van der Waals surface area contributed by atoms with Gasteiger partial charge in [0.25, 0.3) is 5.56 Å². The zero-order valence-electron chi connectivity index (χ0n) is 15.3. The number of fused-ring (bicyclic) bond motifs is 1. The van der Waals surface area contributed by atoms with Gasteiger partial charge < -0.3 is 5.32 Å². The van der Waals surface area contributed by atoms with E-state index in [-0.39, 0.29) is 35.4 Å². The third-order valence-electron chi connectivity index (χ3n) is 4.45. The number of halogens is 5. The van der Waals surface area contributed by atoms with E-state index in [2.05, 4.69) is 10.4 Å². The molecule has 0 aliphatic rings. The number of carbonyl (C=O) groups excluding carboxylic acids is 1. The molecule has 0 fully saturated rings. The number of alkyl halides is 3. The first kappa shape index (κ1) is 20.5. The molecule has 6 nitrogen and oxygen atoms in total. The summed E-state index contributed by atoms with van der Waals surface area (Å²) < 4.78 is 68.3. The molecule has 1 aromatic carbocycles. The largest absolute Gasteiger partial charge is 0.417 e. The van der Waals surface area contributed by atoms with Crippen LogP contribution in [0.3, 0.4) is 0 Å². The number of rotatable bonds is 4. The van der Waals surface area contributed by atoms with Crippen molar-refractivity contribution in [1.29, 1.82) is 0 Å². The van der Waals surface area contributed by atoms with E-state index >= 15 is 0 Å². The van der Waals surface area contributed by atoms with Gasteiger partial charge >= 0.3 is 6.18 Å². The van der Waals surface area contributed by atoms with Crippen LogP contribution in [0.15, 0.2) is 29.1 Å². The Balaban J connectivity index is 1.89. The Morgan fingerprint density at radius 2 is 1.86 bits per heavy atom. The number of benzene rings is 1. The van der Waals surface area contributed by atoms with E-state index in [1.807, 2.05) is 0 Å². The normalized spacial score (nSPS) is 11.8. The molecule has 29 heavy (non-hydrogen) atoms. The minimum Gasteiger partial charge on any atom is -0.326 e. The molecule has 0 radical (unpaired) electrons. The first-order valence-corrected chi connectivity index (χ1v) is 8.38. The van der Waals surface area contributed by atoms with Gasteiger partial charge in [0.05, 0.1) is 10.9 Å². The van der Waals surface area contributed by atoms with Crippen LogP contribution in [-0.4, -0.2) is 20.3 Å². The van der Waals surface area contributed by atoms with Gasteiger partial charge in [-0.15, -0.1) is 0 Å². The number of hydrogen-bond acceptors (Lipinski definition) is 3. The molecule has 0 unspecified atom stereocenters. The maximum Gasteiger partial charge on any atom is 0.417 e. The predicted octanol–water partition coefficient (Wildman–Crippen LogP) is 3.37. The van der Waals surface area contributed by atoms with Gasteiger partial charge in [-0.3, -0.25) is 18.8 Å². The first-order valence-electron chi connectivity index (χ1n) is 8.38. The molecule has 1 amide bonds. The number of aryl methyl sites for hydroxylation is 3. The quantitative estimate of drug-likeness (QED) is 0.666. The Bertz CT molecular complexity index is 1160. The maximum atomic E-state index is 13.3. The molecule has 11 heteroatoms. The van der Waals surface area contributed by atoms with Gasteiger partial charge in [0.1, 0.15) is 0 Å². The van der Waals surface area contributed by atoms with Gasteiger partial charge in [0.15, 0.2) is 17.3 Å². The Hall–Kier alpha value is -3.24. The summed E-state index contributed by atoms with van der Waals surface area (Å²) in [6.07, 6.45) is -5.04. The van der Waals surface area contributed by atoms with Crippen LogP contribution in [0, 0.1) is 18.6 Å². The summed E-state index contributed by atoms with van der Waals surface area (Å²) >= 11 is 0. The Kier molecular flexibility index (Phi) is 5.16. The lowest BCUT2D eigenvalue weighted by molar-refractivity contribution is -0.136. The van der Waals surface area contributed by atoms with E-state index in [1.54, 1.807) is 0 Å². The van der Waals surface area contributed by atoms with Gasteiger partial charge in [-0.2, -0.15) is 18.3 Å². The summed E-state index contributed by atoms with van der Waals surface area (Å²) in [4.78, 5) is 24.3. The van der Waals surface area contributed by atoms with Gasteiger partial charge in [-0.05, 0) is 19.1 Å². The highest BCUT2D eigenvalue weighted by Crippen LogP contribution is 2.35.